The molecule has 0 aromatic carbocycles. The van der Waals surface area contributed by atoms with Crippen molar-refractivity contribution < 1.29 is 39.8 Å². The van der Waals surface area contributed by atoms with E-state index in [-0.39, 0.29) is 12.5 Å². The first-order valence-electron chi connectivity index (χ1n) is 28.8. The highest BCUT2D eigenvalue weighted by Crippen LogP contribution is 2.23. The van der Waals surface area contributed by atoms with Crippen LogP contribution >= 0.6 is 0 Å². The van der Waals surface area contributed by atoms with Gasteiger partial charge in [-0.3, -0.25) is 4.79 Å². The predicted molar refractivity (Wildman–Crippen MR) is 295 cm³/mol. The molecule has 0 bridgehead atoms. The van der Waals surface area contributed by atoms with E-state index in [4.69, 9.17) is 9.47 Å². The fraction of sp³-hybridized carbons (Fsp3) is 0.754. The summed E-state index contributed by atoms with van der Waals surface area (Å²) in [5, 5.41) is 54.2. The van der Waals surface area contributed by atoms with Crippen molar-refractivity contribution in [2.24, 2.45) is 0 Å². The van der Waals surface area contributed by atoms with Crippen LogP contribution in [0.5, 0.6) is 0 Å². The van der Waals surface area contributed by atoms with Crippen molar-refractivity contribution in [3.05, 3.63) is 85.1 Å². The maximum Gasteiger partial charge on any atom is 0.220 e. The minimum atomic E-state index is -1.57. The Bertz CT molecular complexity index is 1370. The number of amides is 1. The summed E-state index contributed by atoms with van der Waals surface area (Å²) in [5.74, 6) is -0.189. The van der Waals surface area contributed by atoms with Crippen LogP contribution in [0.3, 0.4) is 0 Å². The predicted octanol–water partition coefficient (Wildman–Crippen LogP) is 14.2. The number of allylic oxidation sites excluding steroid dienone is 13. The number of aliphatic hydroxyl groups is 5. The quantitative estimate of drug-likeness (QED) is 0.0261. The molecular weight excluding hydrogens is 875 g/mol. The van der Waals surface area contributed by atoms with Crippen molar-refractivity contribution in [3.63, 3.8) is 0 Å². The Morgan fingerprint density at radius 3 is 1.37 bits per heavy atom. The van der Waals surface area contributed by atoms with E-state index in [0.717, 1.165) is 70.6 Å². The highest BCUT2D eigenvalue weighted by atomic mass is 16.7. The molecule has 0 spiro atoms. The number of unbranched alkanes of at least 4 members (excludes halogenated alkanes) is 26. The van der Waals surface area contributed by atoms with Gasteiger partial charge >= 0.3 is 0 Å². The first-order chi connectivity index (χ1) is 34.3. The van der Waals surface area contributed by atoms with E-state index in [2.05, 4.69) is 92.1 Å². The number of aliphatic hydroxyl groups excluding tert-OH is 5. The summed E-state index contributed by atoms with van der Waals surface area (Å²) in [6, 6.07) is -0.821. The number of carbonyl (C=O) groups excluding carboxylic acids is 1. The van der Waals surface area contributed by atoms with Crippen LogP contribution in [0, 0.1) is 0 Å². The molecule has 1 aliphatic heterocycles. The second-order valence-corrected chi connectivity index (χ2v) is 19.7. The molecule has 0 radical (unpaired) electrons. The average molecular weight is 983 g/mol. The third-order valence-corrected chi connectivity index (χ3v) is 13.2. The zero-order valence-corrected chi connectivity index (χ0v) is 44.7. The summed E-state index contributed by atoms with van der Waals surface area (Å²) >= 11 is 0. The molecule has 1 heterocycles. The lowest BCUT2D eigenvalue weighted by molar-refractivity contribution is -0.302. The summed E-state index contributed by atoms with van der Waals surface area (Å²) in [6.45, 7) is 3.60. The first kappa shape index (κ1) is 65.4. The lowest BCUT2D eigenvalue weighted by atomic mass is 9.99. The number of carbonyl (C=O) groups is 1. The van der Waals surface area contributed by atoms with Gasteiger partial charge in [-0.2, -0.15) is 0 Å². The van der Waals surface area contributed by atoms with Gasteiger partial charge < -0.3 is 40.3 Å². The number of ether oxygens (including phenoxy) is 2. The Hall–Kier alpha value is -2.63. The van der Waals surface area contributed by atoms with Crippen molar-refractivity contribution in [1.82, 2.24) is 5.32 Å². The van der Waals surface area contributed by atoms with E-state index in [1.807, 2.05) is 6.08 Å². The fourth-order valence-corrected chi connectivity index (χ4v) is 8.67. The summed E-state index contributed by atoms with van der Waals surface area (Å²) in [5.41, 5.74) is 0. The van der Waals surface area contributed by atoms with E-state index < -0.39 is 49.5 Å². The molecular formula is C61H107NO8. The molecule has 6 N–H and O–H groups in total. The zero-order chi connectivity index (χ0) is 50.8. The van der Waals surface area contributed by atoms with Crippen molar-refractivity contribution in [2.45, 2.75) is 281 Å². The lowest BCUT2D eigenvalue weighted by Gasteiger charge is -2.40. The summed E-state index contributed by atoms with van der Waals surface area (Å²) in [7, 11) is 0. The maximum absolute atomic E-state index is 13.0. The van der Waals surface area contributed by atoms with Gasteiger partial charge in [0.05, 0.1) is 25.4 Å². The smallest absolute Gasteiger partial charge is 0.220 e. The largest absolute Gasteiger partial charge is 0.394 e. The molecule has 404 valence electrons. The van der Waals surface area contributed by atoms with Crippen molar-refractivity contribution in [3.8, 4) is 0 Å². The van der Waals surface area contributed by atoms with Crippen LogP contribution in [0.4, 0.5) is 0 Å². The molecule has 0 aromatic rings. The maximum atomic E-state index is 13.0. The molecule has 7 atom stereocenters. The zero-order valence-electron chi connectivity index (χ0n) is 44.7. The standard InChI is InChI=1S/C61H107NO8/c1-3-5-7-9-11-13-15-16-17-18-19-20-21-22-23-24-25-26-27-28-29-30-31-32-33-34-35-36-37-38-39-40-41-43-45-47-49-51-57(65)62-54(53-69-61-60(68)59(67)58(66)56(52-63)70-61)55(64)50-48-46-44-42-14-12-10-8-6-4-2/h5,7,11,13-14,16-17,19-20,22-23,42,48,50,54-56,58-61,63-64,66-68H,3-4,6,8-10,12,15,18,21,24-41,43-47,49,51-53H2,1-2H3,(H,62,65)/b7-5-,13-11-,17-16-,20-19-,23-22-,42-14+,50-48+. The Kier molecular flexibility index (Phi) is 46.6. The summed E-state index contributed by atoms with van der Waals surface area (Å²) < 4.78 is 11.2. The SMILES string of the molecule is CC/C=C\C/C=C\C/C=C\C/C=C\C/C=C\CCCCCCCCCCCCCCCCCCCCCCCC(=O)NC(COC1OC(CO)C(O)C(O)C1O)C(O)/C=C/CC/C=C/CCCCCC. The molecule has 1 fully saturated rings. The molecule has 1 amide bonds. The van der Waals surface area contributed by atoms with E-state index in [9.17, 15) is 30.3 Å². The molecule has 9 nitrogen and oxygen atoms in total. The van der Waals surface area contributed by atoms with Crippen LogP contribution in [0.25, 0.3) is 0 Å². The van der Waals surface area contributed by atoms with Crippen molar-refractivity contribution in [1.29, 1.82) is 0 Å². The van der Waals surface area contributed by atoms with E-state index >= 15 is 0 Å². The van der Waals surface area contributed by atoms with Gasteiger partial charge in [0, 0.05) is 6.42 Å². The number of hydrogen-bond donors (Lipinski definition) is 6. The van der Waals surface area contributed by atoms with Gasteiger partial charge in [0.1, 0.15) is 24.4 Å². The van der Waals surface area contributed by atoms with Gasteiger partial charge in [0.2, 0.25) is 5.91 Å². The molecule has 9 heteroatoms. The van der Waals surface area contributed by atoms with E-state index in [1.165, 1.54) is 148 Å². The third-order valence-electron chi connectivity index (χ3n) is 13.2. The second-order valence-electron chi connectivity index (χ2n) is 19.7. The molecule has 1 rings (SSSR count). The van der Waals surface area contributed by atoms with Crippen LogP contribution in [0.15, 0.2) is 85.1 Å². The molecule has 0 aromatic heterocycles. The summed E-state index contributed by atoms with van der Waals surface area (Å²) in [4.78, 5) is 13.0. The molecule has 1 aliphatic rings. The van der Waals surface area contributed by atoms with Crippen LogP contribution in [-0.4, -0.2) is 87.5 Å². The average Bonchev–Trinajstić information content (AvgIpc) is 3.36. The Morgan fingerprint density at radius 1 is 0.500 bits per heavy atom. The number of rotatable bonds is 48. The topological polar surface area (TPSA) is 149 Å². The monoisotopic (exact) mass is 982 g/mol. The highest BCUT2D eigenvalue weighted by Gasteiger charge is 2.44. The number of hydrogen-bond acceptors (Lipinski definition) is 8. The normalized spacial score (nSPS) is 20.0. The van der Waals surface area contributed by atoms with Gasteiger partial charge in [0.15, 0.2) is 6.29 Å². The highest BCUT2D eigenvalue weighted by molar-refractivity contribution is 5.76. The van der Waals surface area contributed by atoms with Gasteiger partial charge in [-0.15, -0.1) is 0 Å². The molecule has 1 saturated heterocycles. The summed E-state index contributed by atoms with van der Waals surface area (Å²) in [6.07, 6.45) is 64.0. The van der Waals surface area contributed by atoms with Gasteiger partial charge in [0.25, 0.3) is 0 Å². The Morgan fingerprint density at radius 2 is 0.900 bits per heavy atom. The third kappa shape index (κ3) is 39.0. The van der Waals surface area contributed by atoms with E-state index in [0.29, 0.717) is 6.42 Å². The minimum Gasteiger partial charge on any atom is -0.394 e. The van der Waals surface area contributed by atoms with Crippen LogP contribution in [0.2, 0.25) is 0 Å². The first-order valence-corrected chi connectivity index (χ1v) is 28.8. The lowest BCUT2D eigenvalue weighted by Crippen LogP contribution is -2.60. The molecule has 0 saturated carbocycles. The molecule has 0 aliphatic carbocycles. The van der Waals surface area contributed by atoms with Crippen molar-refractivity contribution >= 4 is 5.91 Å². The Balaban J connectivity index is 2.05. The number of nitrogens with one attached hydrogen (secondary N) is 1. The van der Waals surface area contributed by atoms with Crippen LogP contribution < -0.4 is 5.32 Å². The van der Waals surface area contributed by atoms with Gasteiger partial charge in [-0.25, -0.2) is 0 Å². The van der Waals surface area contributed by atoms with Crippen molar-refractivity contribution in [2.75, 3.05) is 13.2 Å². The van der Waals surface area contributed by atoms with Gasteiger partial charge in [-0.05, 0) is 77.0 Å². The van der Waals surface area contributed by atoms with Crippen LogP contribution in [-0.2, 0) is 14.3 Å². The molecule has 7 unspecified atom stereocenters. The Labute approximate surface area is 429 Å². The van der Waals surface area contributed by atoms with E-state index in [1.54, 1.807) is 6.08 Å². The molecule has 70 heavy (non-hydrogen) atoms. The van der Waals surface area contributed by atoms with Gasteiger partial charge in [-0.1, -0.05) is 240 Å². The fourth-order valence-electron chi connectivity index (χ4n) is 8.67. The second kappa shape index (κ2) is 49.9. The minimum absolute atomic E-state index is 0.189. The van der Waals surface area contributed by atoms with Crippen LogP contribution in [0.1, 0.15) is 239 Å².